The van der Waals surface area contributed by atoms with E-state index >= 15 is 0 Å². The SMILES string of the molecule is CC(C)C1CCN(c2ncc(N)cn2)C1. The van der Waals surface area contributed by atoms with Gasteiger partial charge in [0.25, 0.3) is 0 Å². The first-order valence-electron chi connectivity index (χ1n) is 5.49. The van der Waals surface area contributed by atoms with Crippen molar-refractivity contribution in [3.05, 3.63) is 12.4 Å². The number of hydrogen-bond acceptors (Lipinski definition) is 4. The van der Waals surface area contributed by atoms with Gasteiger partial charge in [0.15, 0.2) is 0 Å². The van der Waals surface area contributed by atoms with Crippen molar-refractivity contribution in [1.29, 1.82) is 0 Å². The monoisotopic (exact) mass is 206 g/mol. The lowest BCUT2D eigenvalue weighted by molar-refractivity contribution is 0.422. The van der Waals surface area contributed by atoms with Gasteiger partial charge in [0.1, 0.15) is 0 Å². The summed E-state index contributed by atoms with van der Waals surface area (Å²) < 4.78 is 0. The lowest BCUT2D eigenvalue weighted by atomic mass is 9.95. The Bertz CT molecular complexity index is 320. The van der Waals surface area contributed by atoms with E-state index in [-0.39, 0.29) is 0 Å². The molecular weight excluding hydrogens is 188 g/mol. The summed E-state index contributed by atoms with van der Waals surface area (Å²) in [6, 6.07) is 0. The van der Waals surface area contributed by atoms with E-state index < -0.39 is 0 Å². The van der Waals surface area contributed by atoms with Crippen LogP contribution in [0.4, 0.5) is 11.6 Å². The molecule has 1 aromatic heterocycles. The first kappa shape index (κ1) is 10.2. The largest absolute Gasteiger partial charge is 0.396 e. The zero-order chi connectivity index (χ0) is 10.8. The predicted molar refractivity (Wildman–Crippen MR) is 61.6 cm³/mol. The van der Waals surface area contributed by atoms with Crippen LogP contribution in [0.2, 0.25) is 0 Å². The fourth-order valence-corrected chi connectivity index (χ4v) is 2.01. The molecule has 0 aromatic carbocycles. The van der Waals surface area contributed by atoms with Gasteiger partial charge in [-0.25, -0.2) is 9.97 Å². The van der Waals surface area contributed by atoms with Gasteiger partial charge in [0.05, 0.1) is 18.1 Å². The molecule has 1 unspecified atom stereocenters. The van der Waals surface area contributed by atoms with E-state index in [4.69, 9.17) is 5.73 Å². The van der Waals surface area contributed by atoms with Gasteiger partial charge in [-0.05, 0) is 18.3 Å². The first-order chi connectivity index (χ1) is 7.16. The topological polar surface area (TPSA) is 55.0 Å². The maximum atomic E-state index is 5.56. The van der Waals surface area contributed by atoms with Crippen LogP contribution in [-0.2, 0) is 0 Å². The molecule has 0 spiro atoms. The summed E-state index contributed by atoms with van der Waals surface area (Å²) >= 11 is 0. The Balaban J connectivity index is 2.04. The Morgan fingerprint density at radius 1 is 1.40 bits per heavy atom. The van der Waals surface area contributed by atoms with Crippen molar-refractivity contribution in [2.24, 2.45) is 11.8 Å². The molecule has 1 saturated heterocycles. The molecule has 2 N–H and O–H groups in total. The minimum absolute atomic E-state index is 0.623. The second kappa shape index (κ2) is 4.04. The fraction of sp³-hybridized carbons (Fsp3) is 0.636. The van der Waals surface area contributed by atoms with Gasteiger partial charge in [-0.3, -0.25) is 0 Å². The third kappa shape index (κ3) is 2.19. The molecule has 4 heteroatoms. The Labute approximate surface area is 90.5 Å². The highest BCUT2D eigenvalue weighted by Gasteiger charge is 2.26. The molecule has 1 atom stereocenters. The molecule has 1 aromatic rings. The lowest BCUT2D eigenvalue weighted by Gasteiger charge is -2.17. The fourth-order valence-electron chi connectivity index (χ4n) is 2.01. The van der Waals surface area contributed by atoms with E-state index in [1.54, 1.807) is 12.4 Å². The average Bonchev–Trinajstić information content (AvgIpc) is 2.68. The molecule has 15 heavy (non-hydrogen) atoms. The maximum Gasteiger partial charge on any atom is 0.225 e. The molecule has 4 nitrogen and oxygen atoms in total. The minimum Gasteiger partial charge on any atom is -0.396 e. The van der Waals surface area contributed by atoms with Crippen LogP contribution in [0.3, 0.4) is 0 Å². The molecule has 2 heterocycles. The number of anilines is 2. The van der Waals surface area contributed by atoms with E-state index in [9.17, 15) is 0 Å². The van der Waals surface area contributed by atoms with Gasteiger partial charge in [-0.1, -0.05) is 13.8 Å². The van der Waals surface area contributed by atoms with Gasteiger partial charge in [-0.15, -0.1) is 0 Å². The van der Waals surface area contributed by atoms with Crippen molar-refractivity contribution in [3.63, 3.8) is 0 Å². The van der Waals surface area contributed by atoms with Crippen LogP contribution in [-0.4, -0.2) is 23.1 Å². The number of nitrogens with zero attached hydrogens (tertiary/aromatic N) is 3. The first-order valence-corrected chi connectivity index (χ1v) is 5.49. The summed E-state index contributed by atoms with van der Waals surface area (Å²) in [6.07, 6.45) is 4.58. The summed E-state index contributed by atoms with van der Waals surface area (Å²) in [5, 5.41) is 0. The van der Waals surface area contributed by atoms with Crippen molar-refractivity contribution in [3.8, 4) is 0 Å². The molecule has 0 aliphatic carbocycles. The van der Waals surface area contributed by atoms with Crippen LogP contribution >= 0.6 is 0 Å². The Morgan fingerprint density at radius 3 is 2.60 bits per heavy atom. The summed E-state index contributed by atoms with van der Waals surface area (Å²) in [6.45, 7) is 6.68. The van der Waals surface area contributed by atoms with Crippen molar-refractivity contribution in [1.82, 2.24) is 9.97 Å². The summed E-state index contributed by atoms with van der Waals surface area (Å²) in [5.41, 5.74) is 6.18. The summed E-state index contributed by atoms with van der Waals surface area (Å²) in [5.74, 6) is 2.32. The lowest BCUT2D eigenvalue weighted by Crippen LogP contribution is -2.23. The van der Waals surface area contributed by atoms with Crippen molar-refractivity contribution in [2.75, 3.05) is 23.7 Å². The average molecular weight is 206 g/mol. The Kier molecular flexibility index (Phi) is 2.75. The van der Waals surface area contributed by atoms with Crippen LogP contribution in [0.1, 0.15) is 20.3 Å². The molecular formula is C11H18N4. The van der Waals surface area contributed by atoms with Gasteiger partial charge >= 0.3 is 0 Å². The number of rotatable bonds is 2. The highest BCUT2D eigenvalue weighted by Crippen LogP contribution is 2.25. The summed E-state index contributed by atoms with van der Waals surface area (Å²) in [7, 11) is 0. The Morgan fingerprint density at radius 2 is 2.07 bits per heavy atom. The smallest absolute Gasteiger partial charge is 0.225 e. The normalized spacial score (nSPS) is 21.3. The third-order valence-corrected chi connectivity index (χ3v) is 3.11. The molecule has 0 radical (unpaired) electrons. The molecule has 0 saturated carbocycles. The standard InChI is InChI=1S/C11H18N4/c1-8(2)9-3-4-15(7-9)11-13-5-10(12)6-14-11/h5-6,8-9H,3-4,7,12H2,1-2H3. The van der Waals surface area contributed by atoms with Crippen LogP contribution in [0.25, 0.3) is 0 Å². The second-order valence-electron chi connectivity index (χ2n) is 4.56. The molecule has 1 aliphatic rings. The van der Waals surface area contributed by atoms with Crippen molar-refractivity contribution < 1.29 is 0 Å². The molecule has 1 aliphatic heterocycles. The van der Waals surface area contributed by atoms with Crippen molar-refractivity contribution >= 4 is 11.6 Å². The van der Waals surface area contributed by atoms with Crippen LogP contribution in [0.15, 0.2) is 12.4 Å². The minimum atomic E-state index is 0.623. The second-order valence-corrected chi connectivity index (χ2v) is 4.56. The number of aromatic nitrogens is 2. The van der Waals surface area contributed by atoms with E-state index in [1.165, 1.54) is 6.42 Å². The molecule has 1 fully saturated rings. The molecule has 2 rings (SSSR count). The number of nitrogen functional groups attached to an aromatic ring is 1. The van der Waals surface area contributed by atoms with Gasteiger partial charge in [-0.2, -0.15) is 0 Å². The predicted octanol–water partition coefficient (Wildman–Crippen LogP) is 1.54. The van der Waals surface area contributed by atoms with Crippen LogP contribution in [0, 0.1) is 11.8 Å². The van der Waals surface area contributed by atoms with Gasteiger partial charge < -0.3 is 10.6 Å². The highest BCUT2D eigenvalue weighted by molar-refractivity contribution is 5.38. The third-order valence-electron chi connectivity index (χ3n) is 3.11. The van der Waals surface area contributed by atoms with Gasteiger partial charge in [0, 0.05) is 13.1 Å². The molecule has 82 valence electrons. The summed E-state index contributed by atoms with van der Waals surface area (Å²) in [4.78, 5) is 10.7. The van der Waals surface area contributed by atoms with Crippen LogP contribution < -0.4 is 10.6 Å². The number of hydrogen-bond donors (Lipinski definition) is 1. The van der Waals surface area contributed by atoms with E-state index in [0.717, 1.165) is 30.9 Å². The Hall–Kier alpha value is -1.32. The van der Waals surface area contributed by atoms with E-state index in [0.29, 0.717) is 5.69 Å². The van der Waals surface area contributed by atoms with E-state index in [1.807, 2.05) is 0 Å². The number of nitrogens with two attached hydrogens (primary N) is 1. The van der Waals surface area contributed by atoms with Gasteiger partial charge in [0.2, 0.25) is 5.95 Å². The quantitative estimate of drug-likeness (QED) is 0.797. The molecule has 0 amide bonds. The van der Waals surface area contributed by atoms with Crippen LogP contribution in [0.5, 0.6) is 0 Å². The van der Waals surface area contributed by atoms with Crippen molar-refractivity contribution in [2.45, 2.75) is 20.3 Å². The zero-order valence-electron chi connectivity index (χ0n) is 9.35. The molecule has 0 bridgehead atoms. The zero-order valence-corrected chi connectivity index (χ0v) is 9.35. The van der Waals surface area contributed by atoms with E-state index in [2.05, 4.69) is 28.7 Å². The maximum absolute atomic E-state index is 5.56. The highest BCUT2D eigenvalue weighted by atomic mass is 15.3.